The molecule has 3 nitrogen and oxygen atoms in total. The number of nitrogens with zero attached hydrogens (tertiary/aromatic N) is 1. The molecule has 2 aromatic carbocycles. The molecule has 0 spiro atoms. The third kappa shape index (κ3) is 2.69. The van der Waals surface area contributed by atoms with Crippen molar-refractivity contribution < 1.29 is 0 Å². The highest BCUT2D eigenvalue weighted by molar-refractivity contribution is 6.10. The lowest BCUT2D eigenvalue weighted by molar-refractivity contribution is 0.553. The minimum absolute atomic E-state index is 0.143. The van der Waals surface area contributed by atoms with Crippen LogP contribution in [0.4, 0.5) is 0 Å². The van der Waals surface area contributed by atoms with Gasteiger partial charge in [0.1, 0.15) is 6.17 Å². The van der Waals surface area contributed by atoms with Gasteiger partial charge in [-0.25, -0.2) is 0 Å². The van der Waals surface area contributed by atoms with Gasteiger partial charge in [0.05, 0.1) is 5.52 Å². The number of benzene rings is 2. The second-order valence-corrected chi connectivity index (χ2v) is 8.18. The van der Waals surface area contributed by atoms with Crippen LogP contribution in [0.1, 0.15) is 23.8 Å². The lowest BCUT2D eigenvalue weighted by atomic mass is 9.84. The predicted molar refractivity (Wildman–Crippen MR) is 122 cm³/mol. The number of nitrogens with one attached hydrogen (secondary N) is 2. The Kier molecular flexibility index (Phi) is 3.95. The first-order chi connectivity index (χ1) is 14.4. The molecule has 3 heteroatoms. The molecule has 2 aliphatic heterocycles. The Morgan fingerprint density at radius 3 is 2.83 bits per heavy atom. The molecule has 2 N–H and O–H groups in total. The molecule has 0 amide bonds. The average Bonchev–Trinajstić information content (AvgIpc) is 3.14. The first kappa shape index (κ1) is 16.9. The SMILES string of the molecule is C1=CNC(n2c3c(c4c5ccccc5ccc42)CC(C2=CCCNC2)C=C3)C=C1. The Bertz CT molecular complexity index is 1220. The van der Waals surface area contributed by atoms with E-state index in [0.29, 0.717) is 5.92 Å². The summed E-state index contributed by atoms with van der Waals surface area (Å²) in [5.41, 5.74) is 5.68. The number of aromatic nitrogens is 1. The van der Waals surface area contributed by atoms with E-state index in [2.05, 4.69) is 88.1 Å². The molecule has 2 atom stereocenters. The number of hydrogen-bond acceptors (Lipinski definition) is 2. The zero-order valence-electron chi connectivity index (χ0n) is 16.4. The van der Waals surface area contributed by atoms with Crippen LogP contribution in [-0.4, -0.2) is 17.7 Å². The summed E-state index contributed by atoms with van der Waals surface area (Å²) in [6, 6.07) is 13.4. The molecular formula is C26H25N3. The zero-order chi connectivity index (χ0) is 19.2. The number of dihydropyridines is 1. The first-order valence-electron chi connectivity index (χ1n) is 10.6. The lowest BCUT2D eigenvalue weighted by Crippen LogP contribution is -2.27. The number of rotatable bonds is 2. The molecule has 3 aromatic rings. The summed E-state index contributed by atoms with van der Waals surface area (Å²) in [5, 5.41) is 11.2. The highest BCUT2D eigenvalue weighted by atomic mass is 15.2. The third-order valence-corrected chi connectivity index (χ3v) is 6.53. The monoisotopic (exact) mass is 379 g/mol. The Morgan fingerprint density at radius 2 is 1.97 bits per heavy atom. The van der Waals surface area contributed by atoms with Crippen molar-refractivity contribution >= 4 is 27.8 Å². The molecule has 0 saturated carbocycles. The van der Waals surface area contributed by atoms with Crippen molar-refractivity contribution in [2.45, 2.75) is 19.0 Å². The minimum Gasteiger partial charge on any atom is -0.368 e. The van der Waals surface area contributed by atoms with E-state index in [-0.39, 0.29) is 6.17 Å². The normalized spacial score (nSPS) is 23.2. The Labute approximate surface area is 171 Å². The average molecular weight is 380 g/mol. The lowest BCUT2D eigenvalue weighted by Gasteiger charge is -2.26. The Morgan fingerprint density at radius 1 is 1.00 bits per heavy atom. The second kappa shape index (κ2) is 6.78. The van der Waals surface area contributed by atoms with E-state index in [0.717, 1.165) is 25.9 Å². The largest absolute Gasteiger partial charge is 0.368 e. The van der Waals surface area contributed by atoms with Gasteiger partial charge in [0, 0.05) is 23.5 Å². The van der Waals surface area contributed by atoms with E-state index in [4.69, 9.17) is 0 Å². The molecular weight excluding hydrogens is 354 g/mol. The molecule has 2 unspecified atom stereocenters. The van der Waals surface area contributed by atoms with Crippen molar-refractivity contribution in [2.75, 3.05) is 13.1 Å². The van der Waals surface area contributed by atoms with E-state index in [1.807, 2.05) is 6.20 Å². The molecule has 0 fully saturated rings. The first-order valence-corrected chi connectivity index (χ1v) is 10.6. The van der Waals surface area contributed by atoms with Crippen molar-refractivity contribution in [1.29, 1.82) is 0 Å². The standard InChI is InChI=1S/C26H25N3/c1-2-8-21-18(6-1)10-13-24-26(21)22-16-19(20-7-5-14-27-17-20)11-12-23(22)29(24)25-9-3-4-15-28-25/h1-4,6-13,15,19,25,27-28H,5,14,16-17H2. The Balaban J connectivity index is 1.59. The van der Waals surface area contributed by atoms with Crippen LogP contribution >= 0.6 is 0 Å². The maximum Gasteiger partial charge on any atom is 0.123 e. The smallest absolute Gasteiger partial charge is 0.123 e. The molecule has 6 rings (SSSR count). The fraction of sp³-hybridized carbons (Fsp3) is 0.231. The van der Waals surface area contributed by atoms with Crippen LogP contribution in [0.5, 0.6) is 0 Å². The molecule has 0 radical (unpaired) electrons. The summed E-state index contributed by atoms with van der Waals surface area (Å²) in [4.78, 5) is 0. The maximum atomic E-state index is 3.55. The topological polar surface area (TPSA) is 29.0 Å². The van der Waals surface area contributed by atoms with Crippen LogP contribution in [0.25, 0.3) is 27.8 Å². The molecule has 1 aromatic heterocycles. The summed E-state index contributed by atoms with van der Waals surface area (Å²) in [7, 11) is 0. The summed E-state index contributed by atoms with van der Waals surface area (Å²) >= 11 is 0. The predicted octanol–water partition coefficient (Wildman–Crippen LogP) is 5.07. The summed E-state index contributed by atoms with van der Waals surface area (Å²) in [6.45, 7) is 2.11. The van der Waals surface area contributed by atoms with Crippen molar-refractivity contribution in [2.24, 2.45) is 5.92 Å². The molecule has 0 bridgehead atoms. The van der Waals surface area contributed by atoms with E-state index >= 15 is 0 Å². The van der Waals surface area contributed by atoms with Crippen LogP contribution in [0.3, 0.4) is 0 Å². The molecule has 29 heavy (non-hydrogen) atoms. The fourth-order valence-electron chi connectivity index (χ4n) is 5.16. The molecule has 1 aliphatic carbocycles. The van der Waals surface area contributed by atoms with Crippen molar-refractivity contribution in [3.8, 4) is 0 Å². The van der Waals surface area contributed by atoms with Crippen LogP contribution < -0.4 is 10.6 Å². The maximum absolute atomic E-state index is 3.55. The summed E-state index contributed by atoms with van der Waals surface area (Å²) in [5.74, 6) is 0.489. The van der Waals surface area contributed by atoms with Gasteiger partial charge in [0.2, 0.25) is 0 Å². The van der Waals surface area contributed by atoms with Gasteiger partial charge in [-0.3, -0.25) is 0 Å². The quantitative estimate of drug-likeness (QED) is 0.609. The summed E-state index contributed by atoms with van der Waals surface area (Å²) < 4.78 is 2.47. The number of fused-ring (bicyclic) bond motifs is 5. The van der Waals surface area contributed by atoms with Gasteiger partial charge in [-0.2, -0.15) is 0 Å². The van der Waals surface area contributed by atoms with Gasteiger partial charge in [-0.05, 0) is 66.2 Å². The van der Waals surface area contributed by atoms with Gasteiger partial charge < -0.3 is 15.2 Å². The second-order valence-electron chi connectivity index (χ2n) is 8.18. The molecule has 144 valence electrons. The highest BCUT2D eigenvalue weighted by Gasteiger charge is 2.27. The molecule has 3 heterocycles. The minimum atomic E-state index is 0.143. The van der Waals surface area contributed by atoms with Crippen molar-refractivity contribution in [3.05, 3.63) is 89.8 Å². The van der Waals surface area contributed by atoms with Crippen molar-refractivity contribution in [3.63, 3.8) is 0 Å². The van der Waals surface area contributed by atoms with Crippen LogP contribution in [0.15, 0.2) is 78.6 Å². The van der Waals surface area contributed by atoms with Crippen LogP contribution in [0.2, 0.25) is 0 Å². The molecule has 3 aliphatic rings. The third-order valence-electron chi connectivity index (χ3n) is 6.53. The van der Waals surface area contributed by atoms with Gasteiger partial charge in [0.15, 0.2) is 0 Å². The van der Waals surface area contributed by atoms with Crippen LogP contribution in [-0.2, 0) is 6.42 Å². The number of allylic oxidation sites excluding steroid dienone is 3. The van der Waals surface area contributed by atoms with Gasteiger partial charge in [-0.15, -0.1) is 0 Å². The van der Waals surface area contributed by atoms with Gasteiger partial charge in [-0.1, -0.05) is 54.1 Å². The van der Waals surface area contributed by atoms with Crippen LogP contribution in [0, 0.1) is 5.92 Å². The summed E-state index contributed by atoms with van der Waals surface area (Å²) in [6.07, 6.45) is 18.0. The molecule has 0 saturated heterocycles. The van der Waals surface area contributed by atoms with Gasteiger partial charge in [0.25, 0.3) is 0 Å². The zero-order valence-corrected chi connectivity index (χ0v) is 16.4. The number of hydrogen-bond donors (Lipinski definition) is 2. The fourth-order valence-corrected chi connectivity index (χ4v) is 5.16. The van der Waals surface area contributed by atoms with E-state index in [1.165, 1.54) is 38.5 Å². The van der Waals surface area contributed by atoms with E-state index < -0.39 is 0 Å². The van der Waals surface area contributed by atoms with Crippen molar-refractivity contribution in [1.82, 2.24) is 15.2 Å². The highest BCUT2D eigenvalue weighted by Crippen LogP contribution is 2.40. The van der Waals surface area contributed by atoms with Gasteiger partial charge >= 0.3 is 0 Å². The van der Waals surface area contributed by atoms with E-state index in [9.17, 15) is 0 Å². The Hall–Kier alpha value is -3.04. The van der Waals surface area contributed by atoms with E-state index in [1.54, 1.807) is 0 Å².